The summed E-state index contributed by atoms with van der Waals surface area (Å²) in [6.45, 7) is 0. The number of hydrogen-bond acceptors (Lipinski definition) is 1. The second-order valence-corrected chi connectivity index (χ2v) is 12.9. The topological polar surface area (TPSA) is 9.86 Å². The van der Waals surface area contributed by atoms with Crippen molar-refractivity contribution in [2.24, 2.45) is 0 Å². The van der Waals surface area contributed by atoms with Crippen molar-refractivity contribution in [1.29, 1.82) is 0 Å². The zero-order valence-electron chi connectivity index (χ0n) is 24.3. The Kier molecular flexibility index (Phi) is 5.19. The van der Waals surface area contributed by atoms with Crippen molar-refractivity contribution in [3.63, 3.8) is 0 Å². The molecule has 0 saturated carbocycles. The molecule has 0 aliphatic carbocycles. The first kappa shape index (κ1) is 24.8. The van der Waals surface area contributed by atoms with E-state index < -0.39 is 0 Å². The summed E-state index contributed by atoms with van der Waals surface area (Å²) in [7, 11) is 0. The van der Waals surface area contributed by atoms with Crippen LogP contribution in [0.4, 0.5) is 0 Å². The van der Waals surface area contributed by atoms with Crippen molar-refractivity contribution in [1.82, 2.24) is 9.13 Å². The molecule has 0 saturated heterocycles. The van der Waals surface area contributed by atoms with Crippen molar-refractivity contribution >= 4 is 75.1 Å². The summed E-state index contributed by atoms with van der Waals surface area (Å²) < 4.78 is 7.53. The van der Waals surface area contributed by atoms with Crippen LogP contribution in [0.15, 0.2) is 158 Å². The van der Waals surface area contributed by atoms with E-state index in [2.05, 4.69) is 167 Å². The highest BCUT2D eigenvalue weighted by molar-refractivity contribution is 7.25. The molecule has 45 heavy (non-hydrogen) atoms. The highest BCUT2D eigenvalue weighted by Crippen LogP contribution is 2.41. The molecule has 3 heteroatoms. The minimum atomic E-state index is 1.16. The fourth-order valence-corrected chi connectivity index (χ4v) is 8.36. The molecule has 0 bridgehead atoms. The van der Waals surface area contributed by atoms with Crippen molar-refractivity contribution in [3.05, 3.63) is 158 Å². The Morgan fingerprint density at radius 1 is 0.311 bits per heavy atom. The Hall–Kier alpha value is -5.64. The van der Waals surface area contributed by atoms with E-state index in [1.807, 2.05) is 11.3 Å². The SMILES string of the molecule is c1ccc(-c2ccc(-n3c4ccccc4c4cc5c6ccccc6n(-c6ccc7sc8ccccc8c7c6)c5cc43)cc2)cc1. The molecule has 0 amide bonds. The molecule has 0 spiro atoms. The first-order valence-electron chi connectivity index (χ1n) is 15.4. The summed E-state index contributed by atoms with van der Waals surface area (Å²) in [6, 6.07) is 57.7. The lowest BCUT2D eigenvalue weighted by Gasteiger charge is -2.11. The van der Waals surface area contributed by atoms with Crippen LogP contribution < -0.4 is 0 Å². The van der Waals surface area contributed by atoms with Gasteiger partial charge in [0.2, 0.25) is 0 Å². The molecule has 10 rings (SSSR count). The average molecular weight is 591 g/mol. The van der Waals surface area contributed by atoms with Crippen LogP contribution in [0.2, 0.25) is 0 Å². The third kappa shape index (κ3) is 3.62. The summed E-state index contributed by atoms with van der Waals surface area (Å²) in [4.78, 5) is 0. The molecule has 0 aliphatic rings. The van der Waals surface area contributed by atoms with Gasteiger partial charge >= 0.3 is 0 Å². The van der Waals surface area contributed by atoms with Crippen LogP contribution in [-0.2, 0) is 0 Å². The first-order chi connectivity index (χ1) is 22.3. The van der Waals surface area contributed by atoms with E-state index in [4.69, 9.17) is 0 Å². The minimum absolute atomic E-state index is 1.16. The van der Waals surface area contributed by atoms with E-state index >= 15 is 0 Å². The van der Waals surface area contributed by atoms with Gasteiger partial charge in [-0.15, -0.1) is 11.3 Å². The Morgan fingerprint density at radius 2 is 0.844 bits per heavy atom. The number of aromatic nitrogens is 2. The fourth-order valence-electron chi connectivity index (χ4n) is 7.27. The molecule has 10 aromatic rings. The first-order valence-corrected chi connectivity index (χ1v) is 16.2. The van der Waals surface area contributed by atoms with Gasteiger partial charge in [0.15, 0.2) is 0 Å². The van der Waals surface area contributed by atoms with Crippen LogP contribution in [0, 0.1) is 0 Å². The smallest absolute Gasteiger partial charge is 0.0562 e. The molecule has 7 aromatic carbocycles. The fraction of sp³-hybridized carbons (Fsp3) is 0. The Morgan fingerprint density at radius 3 is 1.56 bits per heavy atom. The number of fused-ring (bicyclic) bond motifs is 9. The van der Waals surface area contributed by atoms with E-state index in [0.29, 0.717) is 0 Å². The Balaban J connectivity index is 1.27. The van der Waals surface area contributed by atoms with Gasteiger partial charge in [0.05, 0.1) is 22.1 Å². The third-order valence-corrected chi connectivity index (χ3v) is 10.5. The van der Waals surface area contributed by atoms with E-state index in [0.717, 1.165) is 5.69 Å². The second-order valence-electron chi connectivity index (χ2n) is 11.8. The van der Waals surface area contributed by atoms with Crippen molar-refractivity contribution in [3.8, 4) is 22.5 Å². The van der Waals surface area contributed by atoms with Crippen molar-refractivity contribution in [2.75, 3.05) is 0 Å². The molecule has 0 unspecified atom stereocenters. The molecule has 0 fully saturated rings. The highest BCUT2D eigenvalue weighted by atomic mass is 32.1. The van der Waals surface area contributed by atoms with Crippen LogP contribution in [0.1, 0.15) is 0 Å². The predicted octanol–water partition coefficient (Wildman–Crippen LogP) is 11.9. The number of para-hydroxylation sites is 2. The van der Waals surface area contributed by atoms with Gasteiger partial charge in [-0.1, -0.05) is 97.1 Å². The molecule has 0 atom stereocenters. The van der Waals surface area contributed by atoms with Gasteiger partial charge in [-0.3, -0.25) is 0 Å². The monoisotopic (exact) mass is 590 g/mol. The molecule has 3 heterocycles. The molecule has 2 nitrogen and oxygen atoms in total. The van der Waals surface area contributed by atoms with Crippen LogP contribution in [0.25, 0.3) is 86.3 Å². The Labute approximate surface area is 263 Å². The summed E-state index contributed by atoms with van der Waals surface area (Å²) in [5, 5.41) is 7.72. The Bertz CT molecular complexity index is 2740. The highest BCUT2D eigenvalue weighted by Gasteiger charge is 2.19. The third-order valence-electron chi connectivity index (χ3n) is 9.32. The van der Waals surface area contributed by atoms with E-state index in [9.17, 15) is 0 Å². The van der Waals surface area contributed by atoms with E-state index in [1.54, 1.807) is 0 Å². The molecule has 0 radical (unpaired) electrons. The standard InChI is InChI=1S/C42H26N2S/c1-2-10-27(11-3-1)28-18-20-29(21-19-28)43-37-15-7-4-12-31(37)34-25-35-32-13-5-8-16-38(32)44(40(35)26-39(34)43)30-22-23-42-36(24-30)33-14-6-9-17-41(33)45-42/h1-26H. The molecular weight excluding hydrogens is 565 g/mol. The molecule has 210 valence electrons. The quantitative estimate of drug-likeness (QED) is 0.194. The normalized spacial score (nSPS) is 12.0. The summed E-state index contributed by atoms with van der Waals surface area (Å²) >= 11 is 1.87. The second kappa shape index (κ2) is 9.43. The summed E-state index contributed by atoms with van der Waals surface area (Å²) in [5.74, 6) is 0. The zero-order valence-corrected chi connectivity index (χ0v) is 25.1. The van der Waals surface area contributed by atoms with Crippen LogP contribution in [-0.4, -0.2) is 9.13 Å². The number of thiophene rings is 1. The maximum absolute atomic E-state index is 2.45. The number of benzene rings is 7. The molecular formula is C42H26N2S. The van der Waals surface area contributed by atoms with Crippen LogP contribution in [0.5, 0.6) is 0 Å². The lowest BCUT2D eigenvalue weighted by Crippen LogP contribution is -1.96. The maximum Gasteiger partial charge on any atom is 0.0562 e. The van der Waals surface area contributed by atoms with Gasteiger partial charge < -0.3 is 9.13 Å². The molecule has 0 N–H and O–H groups in total. The van der Waals surface area contributed by atoms with Crippen molar-refractivity contribution in [2.45, 2.75) is 0 Å². The number of rotatable bonds is 3. The molecule has 3 aromatic heterocycles. The van der Waals surface area contributed by atoms with Gasteiger partial charge in [0.1, 0.15) is 0 Å². The average Bonchev–Trinajstić information content (AvgIpc) is 3.75. The zero-order chi connectivity index (χ0) is 29.5. The summed E-state index contributed by atoms with van der Waals surface area (Å²) in [5.41, 5.74) is 9.67. The van der Waals surface area contributed by atoms with Gasteiger partial charge in [0.25, 0.3) is 0 Å². The van der Waals surface area contributed by atoms with Gasteiger partial charge in [0, 0.05) is 53.1 Å². The summed E-state index contributed by atoms with van der Waals surface area (Å²) in [6.07, 6.45) is 0. The molecule has 0 aliphatic heterocycles. The number of nitrogens with zero attached hydrogens (tertiary/aromatic N) is 2. The largest absolute Gasteiger partial charge is 0.309 e. The van der Waals surface area contributed by atoms with Gasteiger partial charge in [-0.2, -0.15) is 0 Å². The van der Waals surface area contributed by atoms with E-state index in [1.165, 1.54) is 80.6 Å². The van der Waals surface area contributed by atoms with E-state index in [-0.39, 0.29) is 0 Å². The van der Waals surface area contributed by atoms with Crippen LogP contribution >= 0.6 is 11.3 Å². The van der Waals surface area contributed by atoms with Crippen molar-refractivity contribution < 1.29 is 0 Å². The van der Waals surface area contributed by atoms with Gasteiger partial charge in [-0.25, -0.2) is 0 Å². The predicted molar refractivity (Wildman–Crippen MR) is 193 cm³/mol. The lowest BCUT2D eigenvalue weighted by atomic mass is 10.1. The van der Waals surface area contributed by atoms with Crippen LogP contribution in [0.3, 0.4) is 0 Å². The lowest BCUT2D eigenvalue weighted by molar-refractivity contribution is 1.17. The number of hydrogen-bond donors (Lipinski definition) is 0. The minimum Gasteiger partial charge on any atom is -0.309 e. The maximum atomic E-state index is 2.45. The van der Waals surface area contributed by atoms with Gasteiger partial charge in [-0.05, 0) is 71.8 Å².